The maximum Gasteiger partial charge on any atom is 0.223 e. The number of carbonyl (C=O) groups excluding carboxylic acids is 1. The quantitative estimate of drug-likeness (QED) is 0.920. The predicted molar refractivity (Wildman–Crippen MR) is 87.3 cm³/mol. The van der Waals surface area contributed by atoms with Gasteiger partial charge in [-0.3, -0.25) is 9.69 Å². The minimum Gasteiger partial charge on any atom is -0.351 e. The van der Waals surface area contributed by atoms with Crippen molar-refractivity contribution in [3.05, 3.63) is 34.6 Å². The zero-order valence-corrected chi connectivity index (χ0v) is 14.2. The number of nitrogens with one attached hydrogen (secondary N) is 1. The van der Waals surface area contributed by atoms with Crippen LogP contribution in [0.3, 0.4) is 0 Å². The minimum absolute atomic E-state index is 0.0607. The molecule has 0 spiro atoms. The smallest absolute Gasteiger partial charge is 0.223 e. The van der Waals surface area contributed by atoms with E-state index in [2.05, 4.69) is 10.2 Å². The minimum atomic E-state index is -0.264. The van der Waals surface area contributed by atoms with Gasteiger partial charge in [-0.1, -0.05) is 17.7 Å². The number of nitrogens with zero attached hydrogens (tertiary/aromatic N) is 1. The maximum absolute atomic E-state index is 13.8. The molecule has 1 heterocycles. The molecule has 2 rings (SSSR count). The Bertz CT molecular complexity index is 534. The molecule has 0 aliphatic carbocycles. The number of halogens is 2. The lowest BCUT2D eigenvalue weighted by molar-refractivity contribution is -0.127. The molecule has 0 unspecified atom stereocenters. The Hall–Kier alpha value is -1.13. The predicted octanol–water partition coefficient (Wildman–Crippen LogP) is 3.61. The van der Waals surface area contributed by atoms with Gasteiger partial charge in [0.2, 0.25) is 5.91 Å². The summed E-state index contributed by atoms with van der Waals surface area (Å²) in [5.74, 6) is -0.0736. The van der Waals surface area contributed by atoms with Crippen molar-refractivity contribution in [2.24, 2.45) is 5.92 Å². The summed E-state index contributed by atoms with van der Waals surface area (Å²) in [5.41, 5.74) is 0.461. The first-order chi connectivity index (χ1) is 10.2. The molecule has 1 aromatic rings. The van der Waals surface area contributed by atoms with Gasteiger partial charge in [0.05, 0.1) is 0 Å². The van der Waals surface area contributed by atoms with Crippen LogP contribution < -0.4 is 5.32 Å². The highest BCUT2D eigenvalue weighted by Crippen LogP contribution is 2.22. The number of hydrogen-bond donors (Lipinski definition) is 1. The van der Waals surface area contributed by atoms with E-state index in [1.165, 1.54) is 6.07 Å². The van der Waals surface area contributed by atoms with Crippen LogP contribution in [0.5, 0.6) is 0 Å². The van der Waals surface area contributed by atoms with E-state index in [1.54, 1.807) is 12.1 Å². The fourth-order valence-electron chi connectivity index (χ4n) is 2.72. The number of carbonyl (C=O) groups is 1. The fourth-order valence-corrected chi connectivity index (χ4v) is 2.87. The molecule has 1 fully saturated rings. The molecular formula is C17H24ClFN2O. The second-order valence-electron chi connectivity index (χ2n) is 7.03. The monoisotopic (exact) mass is 326 g/mol. The number of likely N-dealkylation sites (tertiary alicyclic amines) is 1. The fraction of sp³-hybridized carbons (Fsp3) is 0.588. The Morgan fingerprint density at radius 3 is 2.55 bits per heavy atom. The zero-order chi connectivity index (χ0) is 16.3. The molecule has 3 nitrogen and oxygen atoms in total. The van der Waals surface area contributed by atoms with E-state index in [1.807, 2.05) is 20.8 Å². The third-order valence-corrected chi connectivity index (χ3v) is 4.10. The first-order valence-electron chi connectivity index (χ1n) is 7.73. The Morgan fingerprint density at radius 1 is 1.36 bits per heavy atom. The summed E-state index contributed by atoms with van der Waals surface area (Å²) < 4.78 is 13.8. The van der Waals surface area contributed by atoms with Crippen molar-refractivity contribution in [1.82, 2.24) is 10.2 Å². The van der Waals surface area contributed by atoms with Crippen LogP contribution in [-0.2, 0) is 11.3 Å². The van der Waals surface area contributed by atoms with Crippen molar-refractivity contribution >= 4 is 17.5 Å². The van der Waals surface area contributed by atoms with E-state index in [0.29, 0.717) is 17.1 Å². The first kappa shape index (κ1) is 17.2. The third kappa shape index (κ3) is 4.96. The molecule has 5 heteroatoms. The average Bonchev–Trinajstić information content (AvgIpc) is 2.41. The van der Waals surface area contributed by atoms with Crippen molar-refractivity contribution in [3.8, 4) is 0 Å². The van der Waals surface area contributed by atoms with Crippen LogP contribution in [0.15, 0.2) is 18.2 Å². The van der Waals surface area contributed by atoms with Crippen LogP contribution in [0, 0.1) is 11.7 Å². The molecule has 0 atom stereocenters. The van der Waals surface area contributed by atoms with E-state index >= 15 is 0 Å². The largest absolute Gasteiger partial charge is 0.351 e. The number of hydrogen-bond acceptors (Lipinski definition) is 2. The molecule has 0 radical (unpaired) electrons. The summed E-state index contributed by atoms with van der Waals surface area (Å²) in [6, 6.07) is 4.79. The van der Waals surface area contributed by atoms with Gasteiger partial charge >= 0.3 is 0 Å². The summed E-state index contributed by atoms with van der Waals surface area (Å²) >= 11 is 5.77. The number of benzene rings is 1. The summed E-state index contributed by atoms with van der Waals surface area (Å²) in [6.45, 7) is 8.15. The van der Waals surface area contributed by atoms with Gasteiger partial charge in [0.1, 0.15) is 5.82 Å². The van der Waals surface area contributed by atoms with Crippen molar-refractivity contribution in [3.63, 3.8) is 0 Å². The topological polar surface area (TPSA) is 32.3 Å². The van der Waals surface area contributed by atoms with Gasteiger partial charge in [-0.15, -0.1) is 0 Å². The van der Waals surface area contributed by atoms with Crippen LogP contribution >= 0.6 is 11.6 Å². The van der Waals surface area contributed by atoms with E-state index in [4.69, 9.17) is 11.6 Å². The van der Waals surface area contributed by atoms with E-state index < -0.39 is 0 Å². The molecule has 0 saturated carbocycles. The van der Waals surface area contributed by atoms with Gasteiger partial charge in [0.15, 0.2) is 0 Å². The van der Waals surface area contributed by atoms with Gasteiger partial charge in [-0.05, 0) is 58.8 Å². The third-order valence-electron chi connectivity index (χ3n) is 3.87. The summed E-state index contributed by atoms with van der Waals surface area (Å²) in [7, 11) is 0. The van der Waals surface area contributed by atoms with Crippen molar-refractivity contribution in [2.75, 3.05) is 13.1 Å². The first-order valence-corrected chi connectivity index (χ1v) is 8.11. The van der Waals surface area contributed by atoms with E-state index in [-0.39, 0.29) is 23.2 Å². The van der Waals surface area contributed by atoms with Crippen LogP contribution in [0.4, 0.5) is 4.39 Å². The van der Waals surface area contributed by atoms with Gasteiger partial charge < -0.3 is 5.32 Å². The van der Waals surface area contributed by atoms with E-state index in [9.17, 15) is 9.18 Å². The number of piperidine rings is 1. The second kappa shape index (κ2) is 6.97. The SMILES string of the molecule is CC(C)(C)NC(=O)C1CCN(Cc2ccc(Cl)cc2F)CC1. The molecule has 1 saturated heterocycles. The zero-order valence-electron chi connectivity index (χ0n) is 13.5. The summed E-state index contributed by atoms with van der Waals surface area (Å²) in [6.07, 6.45) is 1.63. The van der Waals surface area contributed by atoms with Crippen LogP contribution in [0.2, 0.25) is 5.02 Å². The van der Waals surface area contributed by atoms with Crippen LogP contribution in [0.25, 0.3) is 0 Å². The maximum atomic E-state index is 13.8. The van der Waals surface area contributed by atoms with Crippen molar-refractivity contribution in [2.45, 2.75) is 45.7 Å². The van der Waals surface area contributed by atoms with Crippen LogP contribution in [-0.4, -0.2) is 29.4 Å². The summed E-state index contributed by atoms with van der Waals surface area (Å²) in [5, 5.41) is 3.45. The lowest BCUT2D eigenvalue weighted by atomic mass is 9.94. The van der Waals surface area contributed by atoms with Gasteiger partial charge in [-0.2, -0.15) is 0 Å². The molecule has 122 valence electrons. The second-order valence-corrected chi connectivity index (χ2v) is 7.46. The molecule has 1 aromatic carbocycles. The Labute approximate surface area is 136 Å². The number of amides is 1. The van der Waals surface area contributed by atoms with Gasteiger partial charge in [0, 0.05) is 28.6 Å². The lowest BCUT2D eigenvalue weighted by Gasteiger charge is -2.33. The standard InChI is InChI=1S/C17H24ClFN2O/c1-17(2,3)20-16(22)12-6-8-21(9-7-12)11-13-4-5-14(18)10-15(13)19/h4-5,10,12H,6-9,11H2,1-3H3,(H,20,22). The van der Waals surface area contributed by atoms with Crippen molar-refractivity contribution < 1.29 is 9.18 Å². The normalized spacial score (nSPS) is 17.5. The Morgan fingerprint density at radius 2 is 2.00 bits per heavy atom. The molecule has 1 aliphatic rings. The highest BCUT2D eigenvalue weighted by atomic mass is 35.5. The molecule has 0 aromatic heterocycles. The highest BCUT2D eigenvalue weighted by Gasteiger charge is 2.27. The van der Waals surface area contributed by atoms with Gasteiger partial charge in [-0.25, -0.2) is 4.39 Å². The van der Waals surface area contributed by atoms with E-state index in [0.717, 1.165) is 25.9 Å². The molecule has 22 heavy (non-hydrogen) atoms. The molecule has 1 N–H and O–H groups in total. The highest BCUT2D eigenvalue weighted by molar-refractivity contribution is 6.30. The lowest BCUT2D eigenvalue weighted by Crippen LogP contribution is -2.46. The molecule has 1 amide bonds. The summed E-state index contributed by atoms with van der Waals surface area (Å²) in [4.78, 5) is 14.4. The average molecular weight is 327 g/mol. The molecule has 0 bridgehead atoms. The molecular weight excluding hydrogens is 303 g/mol. The Balaban J connectivity index is 1.86. The van der Waals surface area contributed by atoms with Crippen LogP contribution in [0.1, 0.15) is 39.2 Å². The van der Waals surface area contributed by atoms with Crippen molar-refractivity contribution in [1.29, 1.82) is 0 Å². The Kier molecular flexibility index (Phi) is 5.45. The van der Waals surface area contributed by atoms with Gasteiger partial charge in [0.25, 0.3) is 0 Å². The number of rotatable bonds is 3. The molecule has 1 aliphatic heterocycles.